The Morgan fingerprint density at radius 3 is 2.55 bits per heavy atom. The van der Waals surface area contributed by atoms with Crippen LogP contribution in [0.2, 0.25) is 0 Å². The first-order valence-corrected chi connectivity index (χ1v) is 10.7. The minimum Gasteiger partial charge on any atom is -0.317 e. The van der Waals surface area contributed by atoms with E-state index in [0.717, 1.165) is 43.4 Å². The number of hydrogen-bond acceptors (Lipinski definition) is 3. The summed E-state index contributed by atoms with van der Waals surface area (Å²) in [5.74, 6) is 0.621. The maximum Gasteiger partial charge on any atom is 0.231 e. The van der Waals surface area contributed by atoms with Crippen molar-refractivity contribution in [3.8, 4) is 0 Å². The highest BCUT2D eigenvalue weighted by Gasteiger charge is 2.22. The minimum absolute atomic E-state index is 0.142. The van der Waals surface area contributed by atoms with Gasteiger partial charge in [-0.2, -0.15) is 0 Å². The third-order valence-electron chi connectivity index (χ3n) is 6.08. The second kappa shape index (κ2) is 8.11. The van der Waals surface area contributed by atoms with E-state index in [9.17, 15) is 4.79 Å². The summed E-state index contributed by atoms with van der Waals surface area (Å²) in [6.07, 6.45) is 7.34. The van der Waals surface area contributed by atoms with Gasteiger partial charge in [0.1, 0.15) is 0 Å². The number of aryl methyl sites for hydroxylation is 1. The van der Waals surface area contributed by atoms with E-state index < -0.39 is 0 Å². The van der Waals surface area contributed by atoms with Gasteiger partial charge in [-0.25, -0.2) is 0 Å². The molecule has 1 fully saturated rings. The quantitative estimate of drug-likeness (QED) is 0.677. The molecule has 0 aliphatic carbocycles. The number of hydrogen-bond donors (Lipinski definition) is 1. The summed E-state index contributed by atoms with van der Waals surface area (Å²) in [4.78, 5) is 17.7. The lowest BCUT2D eigenvalue weighted by molar-refractivity contribution is 0.0908. The van der Waals surface area contributed by atoms with Crippen molar-refractivity contribution in [2.75, 3.05) is 13.1 Å². The Bertz CT molecular complexity index is 989. The van der Waals surface area contributed by atoms with Crippen LogP contribution in [0.3, 0.4) is 0 Å². The Kier molecular flexibility index (Phi) is 5.55. The molecule has 4 heteroatoms. The summed E-state index contributed by atoms with van der Waals surface area (Å²) in [6.45, 7) is 8.72. The Morgan fingerprint density at radius 1 is 1.14 bits per heavy atom. The highest BCUT2D eigenvalue weighted by Crippen LogP contribution is 2.32. The third-order valence-corrected chi connectivity index (χ3v) is 6.08. The van der Waals surface area contributed by atoms with Gasteiger partial charge in [-0.05, 0) is 72.5 Å². The fourth-order valence-corrected chi connectivity index (χ4v) is 4.26. The fourth-order valence-electron chi connectivity index (χ4n) is 4.26. The van der Waals surface area contributed by atoms with E-state index >= 15 is 0 Å². The molecule has 1 aliphatic rings. The standard InChI is InChI=1S/C25H31N3O/c1-25(2,3)20-9-6-18(7-10-20)8-11-23(29)28-17-21(19-12-15-26-16-13-19)24-22(28)5-4-14-27-24/h4-7,9-10,14,17,19,26H,8,11-13,15-16H2,1-3H3. The molecule has 4 nitrogen and oxygen atoms in total. The Hall–Kier alpha value is -2.46. The van der Waals surface area contributed by atoms with Gasteiger partial charge in [0.25, 0.3) is 0 Å². The van der Waals surface area contributed by atoms with Crippen LogP contribution in [0.15, 0.2) is 48.8 Å². The molecule has 0 unspecified atom stereocenters. The average Bonchev–Trinajstić information content (AvgIpc) is 3.12. The SMILES string of the molecule is CC(C)(C)c1ccc(CCC(=O)n2cc(C3CCNCC3)c3ncccc32)cc1. The molecule has 0 atom stereocenters. The topological polar surface area (TPSA) is 46.9 Å². The molecular weight excluding hydrogens is 358 g/mol. The number of fused-ring (bicyclic) bond motifs is 1. The van der Waals surface area contributed by atoms with Crippen LogP contribution < -0.4 is 5.32 Å². The molecule has 152 valence electrons. The minimum atomic E-state index is 0.142. The number of piperidine rings is 1. The molecule has 4 rings (SSSR count). The highest BCUT2D eigenvalue weighted by molar-refractivity contribution is 5.92. The van der Waals surface area contributed by atoms with Crippen LogP contribution in [0, 0.1) is 0 Å². The normalized spacial score (nSPS) is 15.7. The van der Waals surface area contributed by atoms with Gasteiger partial charge in [0, 0.05) is 18.8 Å². The van der Waals surface area contributed by atoms with Gasteiger partial charge in [-0.1, -0.05) is 45.0 Å². The van der Waals surface area contributed by atoms with Gasteiger partial charge < -0.3 is 5.32 Å². The van der Waals surface area contributed by atoms with Gasteiger partial charge in [0.05, 0.1) is 11.0 Å². The summed E-state index contributed by atoms with van der Waals surface area (Å²) < 4.78 is 1.84. The number of nitrogens with one attached hydrogen (secondary N) is 1. The van der Waals surface area contributed by atoms with E-state index in [-0.39, 0.29) is 11.3 Å². The van der Waals surface area contributed by atoms with Gasteiger partial charge in [-0.15, -0.1) is 0 Å². The van der Waals surface area contributed by atoms with Crippen molar-refractivity contribution in [3.05, 3.63) is 65.5 Å². The van der Waals surface area contributed by atoms with Crippen molar-refractivity contribution in [2.45, 2.75) is 57.8 Å². The second-order valence-corrected chi connectivity index (χ2v) is 9.19. The second-order valence-electron chi connectivity index (χ2n) is 9.19. The number of rotatable bonds is 4. The molecule has 0 radical (unpaired) electrons. The predicted octanol–water partition coefficient (Wildman–Crippen LogP) is 5.07. The Labute approximate surface area is 173 Å². The van der Waals surface area contributed by atoms with Crippen molar-refractivity contribution in [1.82, 2.24) is 14.9 Å². The van der Waals surface area contributed by atoms with Crippen molar-refractivity contribution >= 4 is 16.9 Å². The van der Waals surface area contributed by atoms with Crippen molar-refractivity contribution in [1.29, 1.82) is 0 Å². The summed E-state index contributed by atoms with van der Waals surface area (Å²) in [6, 6.07) is 12.6. The molecule has 0 amide bonds. The first-order valence-electron chi connectivity index (χ1n) is 10.7. The van der Waals surface area contributed by atoms with Crippen LogP contribution in [0.1, 0.15) is 67.4 Å². The van der Waals surface area contributed by atoms with Gasteiger partial charge in [0.15, 0.2) is 0 Å². The molecule has 3 aromatic rings. The number of nitrogens with zero attached hydrogens (tertiary/aromatic N) is 2. The molecule has 3 heterocycles. The summed E-state index contributed by atoms with van der Waals surface area (Å²) >= 11 is 0. The fraction of sp³-hybridized carbons (Fsp3) is 0.440. The summed E-state index contributed by atoms with van der Waals surface area (Å²) in [5, 5.41) is 3.42. The van der Waals surface area contributed by atoms with E-state index in [0.29, 0.717) is 12.3 Å². The Morgan fingerprint density at radius 2 is 1.86 bits per heavy atom. The lowest BCUT2D eigenvalue weighted by Gasteiger charge is -2.21. The van der Waals surface area contributed by atoms with Crippen molar-refractivity contribution < 1.29 is 4.79 Å². The molecule has 0 saturated carbocycles. The first-order chi connectivity index (χ1) is 13.9. The largest absolute Gasteiger partial charge is 0.317 e. The molecule has 1 aromatic carbocycles. The third kappa shape index (κ3) is 4.27. The van der Waals surface area contributed by atoms with Crippen LogP contribution in [0.4, 0.5) is 0 Å². The lowest BCUT2D eigenvalue weighted by atomic mass is 9.86. The van der Waals surface area contributed by atoms with Crippen molar-refractivity contribution in [2.24, 2.45) is 0 Å². The lowest BCUT2D eigenvalue weighted by Crippen LogP contribution is -2.26. The maximum atomic E-state index is 13.1. The monoisotopic (exact) mass is 389 g/mol. The molecule has 2 aromatic heterocycles. The predicted molar refractivity (Wildman–Crippen MR) is 119 cm³/mol. The number of benzene rings is 1. The smallest absolute Gasteiger partial charge is 0.231 e. The van der Waals surface area contributed by atoms with E-state index in [1.54, 1.807) is 0 Å². The number of pyridine rings is 1. The molecule has 29 heavy (non-hydrogen) atoms. The number of aromatic nitrogens is 2. The zero-order valence-electron chi connectivity index (χ0n) is 17.7. The zero-order valence-corrected chi connectivity index (χ0v) is 17.7. The van der Waals surface area contributed by atoms with E-state index in [1.807, 2.05) is 22.9 Å². The first kappa shape index (κ1) is 19.8. The molecule has 1 N–H and O–H groups in total. The highest BCUT2D eigenvalue weighted by atomic mass is 16.2. The number of carbonyl (C=O) groups excluding carboxylic acids is 1. The molecule has 1 saturated heterocycles. The zero-order chi connectivity index (χ0) is 20.4. The van der Waals surface area contributed by atoms with E-state index in [4.69, 9.17) is 0 Å². The van der Waals surface area contributed by atoms with Gasteiger partial charge in [-0.3, -0.25) is 14.3 Å². The van der Waals surface area contributed by atoms with Gasteiger partial charge in [0.2, 0.25) is 5.91 Å². The summed E-state index contributed by atoms with van der Waals surface area (Å²) in [7, 11) is 0. The van der Waals surface area contributed by atoms with Crippen LogP contribution in [-0.4, -0.2) is 28.5 Å². The van der Waals surface area contributed by atoms with Crippen molar-refractivity contribution in [3.63, 3.8) is 0 Å². The molecule has 1 aliphatic heterocycles. The van der Waals surface area contributed by atoms with E-state index in [1.165, 1.54) is 16.7 Å². The average molecular weight is 390 g/mol. The molecule has 0 bridgehead atoms. The molecular formula is C25H31N3O. The van der Waals surface area contributed by atoms with Crippen LogP contribution >= 0.6 is 0 Å². The Balaban J connectivity index is 1.53. The maximum absolute atomic E-state index is 13.1. The molecule has 0 spiro atoms. The van der Waals surface area contributed by atoms with Gasteiger partial charge >= 0.3 is 0 Å². The van der Waals surface area contributed by atoms with Crippen LogP contribution in [0.5, 0.6) is 0 Å². The summed E-state index contributed by atoms with van der Waals surface area (Å²) in [5.41, 5.74) is 5.83. The number of carbonyl (C=O) groups is 1. The van der Waals surface area contributed by atoms with Crippen LogP contribution in [-0.2, 0) is 11.8 Å². The van der Waals surface area contributed by atoms with Crippen LogP contribution in [0.25, 0.3) is 11.0 Å². The van der Waals surface area contributed by atoms with E-state index in [2.05, 4.69) is 61.5 Å².